The summed E-state index contributed by atoms with van der Waals surface area (Å²) in [6.45, 7) is 1.16. The number of fused-ring (bicyclic) bond motifs is 2. The second-order valence-electron chi connectivity index (χ2n) is 7.10. The Morgan fingerprint density at radius 2 is 1.94 bits per heavy atom. The molecule has 0 radical (unpaired) electrons. The predicted molar refractivity (Wildman–Crippen MR) is 118 cm³/mol. The summed E-state index contributed by atoms with van der Waals surface area (Å²) in [5.74, 6) is -0.715. The van der Waals surface area contributed by atoms with Crippen molar-refractivity contribution in [2.24, 2.45) is 0 Å². The molecule has 0 spiro atoms. The molecule has 0 fully saturated rings. The first-order chi connectivity index (χ1) is 15.1. The molecule has 0 bridgehead atoms. The molecule has 5 rings (SSSR count). The summed E-state index contributed by atoms with van der Waals surface area (Å²) in [4.78, 5) is 39.2. The SMILES string of the molecule is O=C(O)c1cccc(N2CCc3cccc(C(=O)Nc4nc5ncccc5s4)c3C2)n1. The highest BCUT2D eigenvalue weighted by Gasteiger charge is 2.24. The molecule has 1 amide bonds. The third-order valence-electron chi connectivity index (χ3n) is 5.18. The van der Waals surface area contributed by atoms with Gasteiger partial charge < -0.3 is 10.0 Å². The number of anilines is 2. The maximum atomic E-state index is 13.1. The molecule has 0 atom stereocenters. The van der Waals surface area contributed by atoms with Gasteiger partial charge in [0.25, 0.3) is 5.91 Å². The van der Waals surface area contributed by atoms with E-state index >= 15 is 0 Å². The highest BCUT2D eigenvalue weighted by atomic mass is 32.1. The number of nitrogens with zero attached hydrogens (tertiary/aromatic N) is 4. The number of aromatic nitrogens is 3. The van der Waals surface area contributed by atoms with E-state index in [0.717, 1.165) is 22.2 Å². The Morgan fingerprint density at radius 1 is 1.06 bits per heavy atom. The summed E-state index contributed by atoms with van der Waals surface area (Å²) >= 11 is 1.38. The van der Waals surface area contributed by atoms with Gasteiger partial charge in [-0.05, 0) is 47.9 Å². The van der Waals surface area contributed by atoms with Crippen molar-refractivity contribution in [2.75, 3.05) is 16.8 Å². The van der Waals surface area contributed by atoms with Gasteiger partial charge in [0.05, 0.1) is 4.70 Å². The van der Waals surface area contributed by atoms with Crippen LogP contribution in [0, 0.1) is 0 Å². The molecule has 31 heavy (non-hydrogen) atoms. The van der Waals surface area contributed by atoms with Crippen LogP contribution in [-0.2, 0) is 13.0 Å². The maximum Gasteiger partial charge on any atom is 0.354 e. The third-order valence-corrected chi connectivity index (χ3v) is 6.11. The number of amides is 1. The lowest BCUT2D eigenvalue weighted by molar-refractivity contribution is 0.0690. The molecule has 9 heteroatoms. The number of carbonyl (C=O) groups excluding carboxylic acids is 1. The van der Waals surface area contributed by atoms with Crippen molar-refractivity contribution in [1.82, 2.24) is 15.0 Å². The molecule has 1 aliphatic heterocycles. The van der Waals surface area contributed by atoms with E-state index in [2.05, 4.69) is 20.3 Å². The number of aromatic carboxylic acids is 1. The van der Waals surface area contributed by atoms with Gasteiger partial charge in [0.1, 0.15) is 5.82 Å². The minimum atomic E-state index is -1.07. The standard InChI is InChI=1S/C22H17N5O3S/c28-20(26-22-25-19-17(31-22)7-3-10-23-19)14-5-1-4-13-9-11-27(12-15(13)14)18-8-2-6-16(24-18)21(29)30/h1-8,10H,9,11-12H2,(H,29,30)(H,23,25,26,28). The van der Waals surface area contributed by atoms with Crippen molar-refractivity contribution in [3.63, 3.8) is 0 Å². The van der Waals surface area contributed by atoms with E-state index in [1.165, 1.54) is 17.4 Å². The number of carboxylic acids is 1. The van der Waals surface area contributed by atoms with Crippen LogP contribution in [0.15, 0.2) is 54.7 Å². The first kappa shape index (κ1) is 19.1. The number of rotatable bonds is 4. The van der Waals surface area contributed by atoms with Crippen molar-refractivity contribution in [3.05, 3.63) is 77.1 Å². The molecule has 1 aromatic carbocycles. The van der Waals surface area contributed by atoms with Crippen LogP contribution in [0.5, 0.6) is 0 Å². The van der Waals surface area contributed by atoms with Crippen LogP contribution < -0.4 is 10.2 Å². The molecule has 0 saturated carbocycles. The fourth-order valence-electron chi connectivity index (χ4n) is 3.69. The lowest BCUT2D eigenvalue weighted by Gasteiger charge is -2.31. The van der Waals surface area contributed by atoms with Gasteiger partial charge in [-0.2, -0.15) is 4.98 Å². The maximum absolute atomic E-state index is 13.1. The highest BCUT2D eigenvalue weighted by molar-refractivity contribution is 7.22. The Balaban J connectivity index is 1.43. The summed E-state index contributed by atoms with van der Waals surface area (Å²) < 4.78 is 0.906. The van der Waals surface area contributed by atoms with Crippen LogP contribution in [0.2, 0.25) is 0 Å². The molecule has 0 unspecified atom stereocenters. The van der Waals surface area contributed by atoms with Crippen LogP contribution in [0.4, 0.5) is 10.9 Å². The molecule has 4 heterocycles. The molecule has 4 aromatic rings. The number of carbonyl (C=O) groups is 2. The minimum Gasteiger partial charge on any atom is -0.477 e. The van der Waals surface area contributed by atoms with Gasteiger partial charge in [0.15, 0.2) is 16.5 Å². The lowest BCUT2D eigenvalue weighted by Crippen LogP contribution is -2.33. The van der Waals surface area contributed by atoms with Gasteiger partial charge in [-0.25, -0.2) is 14.8 Å². The summed E-state index contributed by atoms with van der Waals surface area (Å²) in [7, 11) is 0. The average molecular weight is 431 g/mol. The zero-order valence-corrected chi connectivity index (χ0v) is 17.1. The Hall–Kier alpha value is -3.85. The van der Waals surface area contributed by atoms with E-state index in [9.17, 15) is 14.7 Å². The zero-order chi connectivity index (χ0) is 21.4. The van der Waals surface area contributed by atoms with E-state index in [4.69, 9.17) is 0 Å². The minimum absolute atomic E-state index is 0.00114. The number of hydrogen-bond donors (Lipinski definition) is 2. The van der Waals surface area contributed by atoms with Crippen LogP contribution in [0.3, 0.4) is 0 Å². The molecule has 2 N–H and O–H groups in total. The van der Waals surface area contributed by atoms with E-state index in [1.807, 2.05) is 29.2 Å². The first-order valence-corrected chi connectivity index (χ1v) is 10.5. The Kier molecular flexibility index (Phi) is 4.79. The number of benzene rings is 1. The van der Waals surface area contributed by atoms with E-state index in [-0.39, 0.29) is 11.6 Å². The third kappa shape index (κ3) is 3.71. The Labute approximate surface area is 181 Å². The number of thiazole rings is 1. The topological polar surface area (TPSA) is 108 Å². The average Bonchev–Trinajstić information content (AvgIpc) is 3.20. The van der Waals surface area contributed by atoms with Crippen LogP contribution >= 0.6 is 11.3 Å². The second kappa shape index (κ2) is 7.77. The van der Waals surface area contributed by atoms with Crippen molar-refractivity contribution in [1.29, 1.82) is 0 Å². The van der Waals surface area contributed by atoms with Crippen LogP contribution in [-0.4, -0.2) is 38.5 Å². The van der Waals surface area contributed by atoms with Crippen LogP contribution in [0.25, 0.3) is 10.3 Å². The van der Waals surface area contributed by atoms with Crippen molar-refractivity contribution < 1.29 is 14.7 Å². The Morgan fingerprint density at radius 3 is 2.77 bits per heavy atom. The summed E-state index contributed by atoms with van der Waals surface area (Å²) in [5, 5.41) is 12.6. The van der Waals surface area contributed by atoms with Gasteiger partial charge in [0, 0.05) is 24.8 Å². The number of carboxylic acid groups (broad SMARTS) is 1. The Bertz CT molecular complexity index is 1290. The smallest absolute Gasteiger partial charge is 0.354 e. The van der Waals surface area contributed by atoms with Gasteiger partial charge in [-0.15, -0.1) is 0 Å². The van der Waals surface area contributed by atoms with E-state index in [0.29, 0.717) is 35.2 Å². The normalized spacial score (nSPS) is 13.1. The highest BCUT2D eigenvalue weighted by Crippen LogP contribution is 2.28. The molecule has 0 saturated heterocycles. The predicted octanol–water partition coefficient (Wildman–Crippen LogP) is 3.60. The number of nitrogens with one attached hydrogen (secondary N) is 1. The van der Waals surface area contributed by atoms with Crippen molar-refractivity contribution in [2.45, 2.75) is 13.0 Å². The summed E-state index contributed by atoms with van der Waals surface area (Å²) in [6, 6.07) is 14.4. The molecular weight excluding hydrogens is 414 g/mol. The second-order valence-corrected chi connectivity index (χ2v) is 8.13. The molecular formula is C22H17N5O3S. The zero-order valence-electron chi connectivity index (χ0n) is 16.3. The molecule has 154 valence electrons. The first-order valence-electron chi connectivity index (χ1n) is 9.67. The number of pyridine rings is 2. The van der Waals surface area contributed by atoms with E-state index < -0.39 is 5.97 Å². The summed E-state index contributed by atoms with van der Waals surface area (Å²) in [6.07, 6.45) is 2.41. The lowest BCUT2D eigenvalue weighted by atomic mass is 9.94. The van der Waals surface area contributed by atoms with Crippen molar-refractivity contribution in [3.8, 4) is 0 Å². The molecule has 3 aromatic heterocycles. The van der Waals surface area contributed by atoms with Gasteiger partial charge in [-0.3, -0.25) is 10.1 Å². The summed E-state index contributed by atoms with van der Waals surface area (Å²) in [5.41, 5.74) is 3.19. The monoisotopic (exact) mass is 431 g/mol. The largest absolute Gasteiger partial charge is 0.477 e. The van der Waals surface area contributed by atoms with Gasteiger partial charge in [-0.1, -0.05) is 29.5 Å². The molecule has 0 aliphatic carbocycles. The van der Waals surface area contributed by atoms with Gasteiger partial charge in [0.2, 0.25) is 0 Å². The van der Waals surface area contributed by atoms with Gasteiger partial charge >= 0.3 is 5.97 Å². The fraction of sp³-hybridized carbons (Fsp3) is 0.136. The fourth-order valence-corrected chi connectivity index (χ4v) is 4.52. The molecule has 1 aliphatic rings. The van der Waals surface area contributed by atoms with E-state index in [1.54, 1.807) is 24.4 Å². The van der Waals surface area contributed by atoms with Crippen LogP contribution in [0.1, 0.15) is 32.0 Å². The molecule has 8 nitrogen and oxygen atoms in total. The number of hydrogen-bond acceptors (Lipinski definition) is 7. The quantitative estimate of drug-likeness (QED) is 0.508. The van der Waals surface area contributed by atoms with Crippen molar-refractivity contribution >= 4 is 44.5 Å².